The third-order valence-corrected chi connectivity index (χ3v) is 6.07. The number of hydrogen-bond acceptors (Lipinski definition) is 5. The lowest BCUT2D eigenvalue weighted by Gasteiger charge is -2.16. The third kappa shape index (κ3) is 2.90. The SMILES string of the molecule is O=C(CN1C(=O)[C@@H]2[C@H](C1=O)[C@@H]1C=C[C@H]2C1)NNC(=O)c1cc(-c2ccccc2)n[nH]1. The van der Waals surface area contributed by atoms with E-state index in [1.165, 1.54) is 0 Å². The zero-order valence-corrected chi connectivity index (χ0v) is 15.9. The van der Waals surface area contributed by atoms with Crippen LogP contribution in [0.5, 0.6) is 0 Å². The fourth-order valence-corrected chi connectivity index (χ4v) is 4.69. The number of rotatable bonds is 4. The first-order chi connectivity index (χ1) is 14.5. The molecule has 3 N–H and O–H groups in total. The highest BCUT2D eigenvalue weighted by Crippen LogP contribution is 2.52. The quantitative estimate of drug-likeness (QED) is 0.391. The first-order valence-electron chi connectivity index (χ1n) is 9.76. The Labute approximate surface area is 171 Å². The van der Waals surface area contributed by atoms with Crippen LogP contribution in [0.15, 0.2) is 48.6 Å². The van der Waals surface area contributed by atoms with E-state index < -0.39 is 18.4 Å². The summed E-state index contributed by atoms with van der Waals surface area (Å²) in [5.41, 5.74) is 6.13. The molecule has 2 heterocycles. The maximum Gasteiger partial charge on any atom is 0.287 e. The number of hydrogen-bond donors (Lipinski definition) is 3. The molecule has 3 aliphatic rings. The van der Waals surface area contributed by atoms with Gasteiger partial charge < -0.3 is 0 Å². The molecule has 0 radical (unpaired) electrons. The molecule has 152 valence electrons. The van der Waals surface area contributed by atoms with Gasteiger partial charge in [-0.2, -0.15) is 5.10 Å². The highest BCUT2D eigenvalue weighted by atomic mass is 16.2. The molecule has 30 heavy (non-hydrogen) atoms. The predicted octanol–water partition coefficient (Wildman–Crippen LogP) is 0.645. The average Bonchev–Trinajstić information content (AvgIpc) is 3.54. The van der Waals surface area contributed by atoms with Crippen molar-refractivity contribution in [1.29, 1.82) is 0 Å². The number of nitrogens with one attached hydrogen (secondary N) is 3. The number of hydrazine groups is 1. The Bertz CT molecular complexity index is 1050. The van der Waals surface area contributed by atoms with Crippen molar-refractivity contribution in [3.8, 4) is 11.3 Å². The molecule has 4 amide bonds. The molecular formula is C21H19N5O4. The van der Waals surface area contributed by atoms with Crippen LogP contribution < -0.4 is 10.9 Å². The molecule has 0 spiro atoms. The minimum atomic E-state index is -0.645. The second kappa shape index (κ2) is 6.94. The van der Waals surface area contributed by atoms with E-state index in [9.17, 15) is 19.2 Å². The number of carbonyl (C=O) groups excluding carboxylic acids is 4. The highest BCUT2D eigenvalue weighted by Gasteiger charge is 2.59. The van der Waals surface area contributed by atoms with Crippen LogP contribution >= 0.6 is 0 Å². The first-order valence-corrected chi connectivity index (χ1v) is 9.76. The van der Waals surface area contributed by atoms with Gasteiger partial charge in [0.1, 0.15) is 12.2 Å². The second-order valence-corrected chi connectivity index (χ2v) is 7.80. The number of benzene rings is 1. The molecular weight excluding hydrogens is 386 g/mol. The number of fused-ring (bicyclic) bond motifs is 5. The molecule has 1 saturated heterocycles. The summed E-state index contributed by atoms with van der Waals surface area (Å²) < 4.78 is 0. The summed E-state index contributed by atoms with van der Waals surface area (Å²) in [5.74, 6) is -2.36. The number of aromatic nitrogens is 2. The Kier molecular flexibility index (Phi) is 4.23. The summed E-state index contributed by atoms with van der Waals surface area (Å²) in [6.07, 6.45) is 4.82. The predicted molar refractivity (Wildman–Crippen MR) is 104 cm³/mol. The Hall–Kier alpha value is -3.75. The van der Waals surface area contributed by atoms with Gasteiger partial charge in [0.15, 0.2) is 0 Å². The van der Waals surface area contributed by atoms with Crippen molar-refractivity contribution >= 4 is 23.6 Å². The van der Waals surface area contributed by atoms with Crippen LogP contribution in [-0.4, -0.2) is 45.3 Å². The number of allylic oxidation sites excluding steroid dienone is 2. The molecule has 2 bridgehead atoms. The average molecular weight is 405 g/mol. The molecule has 9 nitrogen and oxygen atoms in total. The van der Waals surface area contributed by atoms with Crippen LogP contribution in [0.3, 0.4) is 0 Å². The first kappa shape index (κ1) is 18.3. The lowest BCUT2D eigenvalue weighted by molar-refractivity contribution is -0.144. The topological polar surface area (TPSA) is 124 Å². The third-order valence-electron chi connectivity index (χ3n) is 6.07. The van der Waals surface area contributed by atoms with Gasteiger partial charge in [-0.15, -0.1) is 0 Å². The van der Waals surface area contributed by atoms with Gasteiger partial charge in [0.2, 0.25) is 11.8 Å². The molecule has 5 rings (SSSR count). The number of likely N-dealkylation sites (tertiary alicyclic amines) is 1. The summed E-state index contributed by atoms with van der Waals surface area (Å²) in [4.78, 5) is 50.7. The lowest BCUT2D eigenvalue weighted by atomic mass is 9.85. The van der Waals surface area contributed by atoms with Gasteiger partial charge in [-0.05, 0) is 24.3 Å². The fourth-order valence-electron chi connectivity index (χ4n) is 4.69. The van der Waals surface area contributed by atoms with E-state index in [0.717, 1.165) is 16.9 Å². The van der Waals surface area contributed by atoms with E-state index in [4.69, 9.17) is 0 Å². The molecule has 2 fully saturated rings. The lowest BCUT2D eigenvalue weighted by Crippen LogP contribution is -2.48. The van der Waals surface area contributed by atoms with Crippen LogP contribution in [0.25, 0.3) is 11.3 Å². The van der Waals surface area contributed by atoms with Gasteiger partial charge in [0.25, 0.3) is 11.8 Å². The van der Waals surface area contributed by atoms with Crippen LogP contribution in [-0.2, 0) is 14.4 Å². The summed E-state index contributed by atoms with van der Waals surface area (Å²) in [5, 5.41) is 6.71. The number of nitrogens with zero attached hydrogens (tertiary/aromatic N) is 2. The molecule has 0 unspecified atom stereocenters. The van der Waals surface area contributed by atoms with Crippen molar-refractivity contribution in [2.75, 3.05) is 6.54 Å². The van der Waals surface area contributed by atoms with Crippen molar-refractivity contribution in [1.82, 2.24) is 25.9 Å². The number of carbonyl (C=O) groups is 4. The zero-order chi connectivity index (χ0) is 20.8. The van der Waals surface area contributed by atoms with Crippen LogP contribution in [0, 0.1) is 23.7 Å². The molecule has 9 heteroatoms. The minimum absolute atomic E-state index is 0.0865. The van der Waals surface area contributed by atoms with Crippen LogP contribution in [0.1, 0.15) is 16.9 Å². The second-order valence-electron chi connectivity index (χ2n) is 7.80. The standard InChI is InChI=1S/C21H19N5O4/c27-16(10-26-20(29)17-12-6-7-13(8-12)18(17)21(26)30)24-25-19(28)15-9-14(22-23-15)11-4-2-1-3-5-11/h1-7,9,12-13,17-18H,8,10H2,(H,22,23)(H,24,27)(H,25,28)/t12-,13+,17-,18+. The number of imide groups is 1. The summed E-state index contributed by atoms with van der Waals surface area (Å²) in [6.45, 7) is -0.414. The maximum atomic E-state index is 12.6. The highest BCUT2D eigenvalue weighted by molar-refractivity contribution is 6.08. The van der Waals surface area contributed by atoms with Crippen molar-refractivity contribution in [3.05, 3.63) is 54.2 Å². The molecule has 1 aromatic heterocycles. The number of amides is 4. The Morgan fingerprint density at radius 1 is 1.03 bits per heavy atom. The summed E-state index contributed by atoms with van der Waals surface area (Å²) in [6, 6.07) is 10.9. The maximum absolute atomic E-state index is 12.6. The van der Waals surface area contributed by atoms with Gasteiger partial charge in [0, 0.05) is 5.56 Å². The fraction of sp³-hybridized carbons (Fsp3) is 0.286. The zero-order valence-electron chi connectivity index (χ0n) is 15.9. The van der Waals surface area contributed by atoms with E-state index in [-0.39, 0.29) is 41.2 Å². The van der Waals surface area contributed by atoms with Crippen molar-refractivity contribution in [3.63, 3.8) is 0 Å². The normalized spacial score (nSPS) is 26.2. The molecule has 1 aromatic carbocycles. The van der Waals surface area contributed by atoms with Gasteiger partial charge >= 0.3 is 0 Å². The van der Waals surface area contributed by atoms with Gasteiger partial charge in [-0.25, -0.2) is 0 Å². The Morgan fingerprint density at radius 2 is 1.70 bits per heavy atom. The summed E-state index contributed by atoms with van der Waals surface area (Å²) in [7, 11) is 0. The Morgan fingerprint density at radius 3 is 2.37 bits per heavy atom. The van der Waals surface area contributed by atoms with E-state index in [1.54, 1.807) is 6.07 Å². The van der Waals surface area contributed by atoms with Gasteiger partial charge in [0.05, 0.1) is 17.5 Å². The molecule has 2 aliphatic carbocycles. The molecule has 2 aromatic rings. The van der Waals surface area contributed by atoms with E-state index >= 15 is 0 Å². The van der Waals surface area contributed by atoms with Crippen molar-refractivity contribution < 1.29 is 19.2 Å². The minimum Gasteiger partial charge on any atom is -0.274 e. The molecule has 1 saturated carbocycles. The van der Waals surface area contributed by atoms with E-state index in [2.05, 4.69) is 21.0 Å². The summed E-state index contributed by atoms with van der Waals surface area (Å²) >= 11 is 0. The van der Waals surface area contributed by atoms with Crippen molar-refractivity contribution in [2.45, 2.75) is 6.42 Å². The Balaban J connectivity index is 1.17. The molecule has 1 aliphatic heterocycles. The van der Waals surface area contributed by atoms with E-state index in [0.29, 0.717) is 5.69 Å². The molecule has 4 atom stereocenters. The number of H-pyrrole nitrogens is 1. The van der Waals surface area contributed by atoms with Crippen molar-refractivity contribution in [2.24, 2.45) is 23.7 Å². The number of aromatic amines is 1. The van der Waals surface area contributed by atoms with Crippen LogP contribution in [0.2, 0.25) is 0 Å². The van der Waals surface area contributed by atoms with Gasteiger partial charge in [-0.3, -0.25) is 40.0 Å². The smallest absolute Gasteiger partial charge is 0.274 e. The van der Waals surface area contributed by atoms with Crippen LogP contribution in [0.4, 0.5) is 0 Å². The largest absolute Gasteiger partial charge is 0.287 e. The van der Waals surface area contributed by atoms with Gasteiger partial charge in [-0.1, -0.05) is 42.5 Å². The monoisotopic (exact) mass is 405 g/mol. The van der Waals surface area contributed by atoms with E-state index in [1.807, 2.05) is 42.5 Å².